The van der Waals surface area contributed by atoms with E-state index in [9.17, 15) is 5.11 Å². The standard InChI is InChI=1S/C26H23O2P/c1-28-22-17-18-26(27)21(19-22)20-29(23-11-5-2-6-12-23,24-13-7-3-8-14-24)25-15-9-4-10-16-25/h2-19H,20H2,1H3/p+1. The van der Waals surface area contributed by atoms with Crippen molar-refractivity contribution in [2.24, 2.45) is 0 Å². The predicted molar refractivity (Wildman–Crippen MR) is 124 cm³/mol. The fourth-order valence-corrected chi connectivity index (χ4v) is 8.09. The molecule has 29 heavy (non-hydrogen) atoms. The molecule has 144 valence electrons. The lowest BCUT2D eigenvalue weighted by atomic mass is 10.2. The molecule has 0 atom stereocenters. The van der Waals surface area contributed by atoms with E-state index in [0.717, 1.165) is 11.3 Å². The van der Waals surface area contributed by atoms with Gasteiger partial charge in [-0.3, -0.25) is 0 Å². The first-order valence-electron chi connectivity index (χ1n) is 9.65. The van der Waals surface area contributed by atoms with Gasteiger partial charge in [-0.25, -0.2) is 0 Å². The second-order valence-electron chi connectivity index (χ2n) is 6.97. The zero-order valence-electron chi connectivity index (χ0n) is 16.4. The van der Waals surface area contributed by atoms with Crippen LogP contribution in [0.5, 0.6) is 11.5 Å². The minimum Gasteiger partial charge on any atom is -0.508 e. The van der Waals surface area contributed by atoms with E-state index in [-0.39, 0.29) is 0 Å². The Kier molecular flexibility index (Phi) is 5.64. The molecule has 0 amide bonds. The highest BCUT2D eigenvalue weighted by molar-refractivity contribution is 7.95. The molecule has 0 aliphatic rings. The third-order valence-corrected chi connectivity index (χ3v) is 9.64. The summed E-state index contributed by atoms with van der Waals surface area (Å²) in [6.45, 7) is 0. The molecule has 0 unspecified atom stereocenters. The number of aromatic hydroxyl groups is 1. The number of hydrogen-bond donors (Lipinski definition) is 1. The predicted octanol–water partition coefficient (Wildman–Crippen LogP) is 4.89. The Morgan fingerprint density at radius 2 is 1.10 bits per heavy atom. The Morgan fingerprint density at radius 3 is 1.52 bits per heavy atom. The first-order valence-corrected chi connectivity index (χ1v) is 11.6. The Bertz CT molecular complexity index is 967. The van der Waals surface area contributed by atoms with E-state index < -0.39 is 7.26 Å². The second kappa shape index (κ2) is 8.51. The van der Waals surface area contributed by atoms with Crippen molar-refractivity contribution in [3.05, 3.63) is 115 Å². The van der Waals surface area contributed by atoms with Crippen LogP contribution in [0.15, 0.2) is 109 Å². The van der Waals surface area contributed by atoms with Gasteiger partial charge in [-0.2, -0.15) is 0 Å². The normalized spacial score (nSPS) is 11.2. The SMILES string of the molecule is COc1ccc(O)c(C[P+](c2ccccc2)(c2ccccc2)c2ccccc2)c1. The van der Waals surface area contributed by atoms with Gasteiger partial charge in [-0.1, -0.05) is 54.6 Å². The molecule has 0 aromatic heterocycles. The van der Waals surface area contributed by atoms with E-state index >= 15 is 0 Å². The van der Waals surface area contributed by atoms with E-state index in [1.54, 1.807) is 19.2 Å². The van der Waals surface area contributed by atoms with Gasteiger partial charge in [0.1, 0.15) is 40.8 Å². The number of ether oxygens (including phenoxy) is 1. The molecule has 0 aliphatic heterocycles. The van der Waals surface area contributed by atoms with Gasteiger partial charge in [-0.05, 0) is 54.6 Å². The molecule has 0 bridgehead atoms. The number of phenols is 1. The van der Waals surface area contributed by atoms with Crippen LogP contribution < -0.4 is 20.7 Å². The maximum atomic E-state index is 10.7. The highest BCUT2D eigenvalue weighted by atomic mass is 31.2. The minimum absolute atomic E-state index is 0.304. The Hall–Kier alpha value is -3.09. The third kappa shape index (κ3) is 3.77. The van der Waals surface area contributed by atoms with Crippen molar-refractivity contribution >= 4 is 23.2 Å². The monoisotopic (exact) mass is 399 g/mol. The molecule has 0 fully saturated rings. The number of rotatable bonds is 6. The molecule has 0 saturated heterocycles. The van der Waals surface area contributed by atoms with Gasteiger partial charge in [0.2, 0.25) is 0 Å². The molecule has 0 saturated carbocycles. The number of methoxy groups -OCH3 is 1. The zero-order chi connectivity index (χ0) is 20.1. The molecule has 0 heterocycles. The van der Waals surface area contributed by atoms with Gasteiger partial charge in [0.05, 0.1) is 7.11 Å². The summed E-state index contributed by atoms with van der Waals surface area (Å²) in [6, 6.07) is 37.5. The minimum atomic E-state index is -2.05. The molecule has 2 nitrogen and oxygen atoms in total. The van der Waals surface area contributed by atoms with Crippen LogP contribution in [0.25, 0.3) is 0 Å². The van der Waals surface area contributed by atoms with Gasteiger partial charge >= 0.3 is 0 Å². The summed E-state index contributed by atoms with van der Waals surface area (Å²) in [6.07, 6.45) is 0.716. The van der Waals surface area contributed by atoms with Crippen LogP contribution in [0.4, 0.5) is 0 Å². The molecule has 4 aromatic carbocycles. The second-order valence-corrected chi connectivity index (χ2v) is 10.5. The highest BCUT2D eigenvalue weighted by Gasteiger charge is 2.45. The van der Waals surface area contributed by atoms with Gasteiger partial charge in [0, 0.05) is 5.56 Å². The van der Waals surface area contributed by atoms with E-state index in [1.165, 1.54) is 15.9 Å². The third-order valence-electron chi connectivity index (χ3n) is 5.29. The summed E-state index contributed by atoms with van der Waals surface area (Å²) >= 11 is 0. The smallest absolute Gasteiger partial charge is 0.122 e. The molecular formula is C26H24O2P+. The zero-order valence-corrected chi connectivity index (χ0v) is 17.3. The van der Waals surface area contributed by atoms with Gasteiger partial charge < -0.3 is 9.84 Å². The van der Waals surface area contributed by atoms with Crippen molar-refractivity contribution in [1.82, 2.24) is 0 Å². The first kappa shape index (κ1) is 19.2. The lowest BCUT2D eigenvalue weighted by molar-refractivity contribution is 0.411. The van der Waals surface area contributed by atoms with E-state index in [2.05, 4.69) is 91.0 Å². The van der Waals surface area contributed by atoms with Crippen LogP contribution in [0.1, 0.15) is 5.56 Å². The van der Waals surface area contributed by atoms with Crippen molar-refractivity contribution in [1.29, 1.82) is 0 Å². The van der Waals surface area contributed by atoms with Crippen LogP contribution in [0, 0.1) is 0 Å². The Morgan fingerprint density at radius 1 is 0.655 bits per heavy atom. The number of hydrogen-bond acceptors (Lipinski definition) is 2. The molecule has 0 radical (unpaired) electrons. The van der Waals surface area contributed by atoms with Crippen molar-refractivity contribution in [2.75, 3.05) is 7.11 Å². The van der Waals surface area contributed by atoms with Crippen LogP contribution in [0.2, 0.25) is 0 Å². The average molecular weight is 399 g/mol. The summed E-state index contributed by atoms with van der Waals surface area (Å²) in [7, 11) is -0.391. The molecular weight excluding hydrogens is 375 g/mol. The molecule has 3 heteroatoms. The molecule has 4 rings (SSSR count). The summed E-state index contributed by atoms with van der Waals surface area (Å²) in [5.41, 5.74) is 0.897. The van der Waals surface area contributed by atoms with Crippen molar-refractivity contribution in [3.63, 3.8) is 0 Å². The summed E-state index contributed by atoms with van der Waals surface area (Å²) < 4.78 is 5.44. The van der Waals surface area contributed by atoms with Crippen LogP contribution in [0.3, 0.4) is 0 Å². The topological polar surface area (TPSA) is 29.5 Å². The van der Waals surface area contributed by atoms with Crippen LogP contribution in [-0.4, -0.2) is 12.2 Å². The fraction of sp³-hybridized carbons (Fsp3) is 0.0769. The maximum absolute atomic E-state index is 10.7. The number of phenolic OH excluding ortho intramolecular Hbond substituents is 1. The van der Waals surface area contributed by atoms with Crippen molar-refractivity contribution in [3.8, 4) is 11.5 Å². The van der Waals surface area contributed by atoms with Crippen LogP contribution >= 0.6 is 7.26 Å². The van der Waals surface area contributed by atoms with Gasteiger partial charge in [-0.15, -0.1) is 0 Å². The lowest BCUT2D eigenvalue weighted by Crippen LogP contribution is -2.32. The van der Waals surface area contributed by atoms with Gasteiger partial charge in [0.25, 0.3) is 0 Å². The highest BCUT2D eigenvalue weighted by Crippen LogP contribution is 2.59. The average Bonchev–Trinajstić information content (AvgIpc) is 2.80. The van der Waals surface area contributed by atoms with E-state index in [4.69, 9.17) is 4.74 Å². The maximum Gasteiger partial charge on any atom is 0.122 e. The molecule has 0 spiro atoms. The molecule has 1 N–H and O–H groups in total. The summed E-state index contributed by atoms with van der Waals surface area (Å²) in [5, 5.41) is 14.6. The van der Waals surface area contributed by atoms with E-state index in [0.29, 0.717) is 11.9 Å². The number of benzene rings is 4. The largest absolute Gasteiger partial charge is 0.508 e. The molecule has 0 aliphatic carbocycles. The first-order chi connectivity index (χ1) is 14.2. The molecule has 4 aromatic rings. The Balaban J connectivity index is 2.01. The van der Waals surface area contributed by atoms with Gasteiger partial charge in [0.15, 0.2) is 0 Å². The summed E-state index contributed by atoms with van der Waals surface area (Å²) in [4.78, 5) is 0. The van der Waals surface area contributed by atoms with Crippen molar-refractivity contribution in [2.45, 2.75) is 6.16 Å². The Labute approximate surface area is 172 Å². The quantitative estimate of drug-likeness (QED) is 0.468. The lowest BCUT2D eigenvalue weighted by Gasteiger charge is -2.28. The van der Waals surface area contributed by atoms with Crippen molar-refractivity contribution < 1.29 is 9.84 Å². The van der Waals surface area contributed by atoms with E-state index in [1.807, 2.05) is 6.07 Å². The van der Waals surface area contributed by atoms with Crippen LogP contribution in [-0.2, 0) is 6.16 Å². The fourth-order valence-electron chi connectivity index (χ4n) is 3.84. The summed E-state index contributed by atoms with van der Waals surface area (Å²) in [5.74, 6) is 1.06.